The van der Waals surface area contributed by atoms with E-state index in [9.17, 15) is 9.59 Å². The molecule has 36 heavy (non-hydrogen) atoms. The van der Waals surface area contributed by atoms with Crippen LogP contribution < -0.4 is 23.7 Å². The summed E-state index contributed by atoms with van der Waals surface area (Å²) in [6.45, 7) is 1.72. The lowest BCUT2D eigenvalue weighted by Crippen LogP contribution is -2.08. The molecular formula is C28H22O8. The number of esters is 1. The molecule has 5 rings (SSSR count). The van der Waals surface area contributed by atoms with Gasteiger partial charge in [0.15, 0.2) is 17.3 Å². The second-order valence-electron chi connectivity index (χ2n) is 8.00. The summed E-state index contributed by atoms with van der Waals surface area (Å²) >= 11 is 0. The molecule has 1 aliphatic rings. The van der Waals surface area contributed by atoms with Crippen molar-refractivity contribution in [1.82, 2.24) is 0 Å². The molecule has 0 amide bonds. The molecule has 8 nitrogen and oxygen atoms in total. The van der Waals surface area contributed by atoms with Gasteiger partial charge in [0, 0.05) is 10.9 Å². The molecule has 4 aromatic rings. The quantitative estimate of drug-likeness (QED) is 0.197. The van der Waals surface area contributed by atoms with Gasteiger partial charge in [-0.25, -0.2) is 4.79 Å². The number of carbonyl (C=O) groups excluding carboxylic acids is 2. The van der Waals surface area contributed by atoms with Crippen LogP contribution in [0.1, 0.15) is 32.0 Å². The summed E-state index contributed by atoms with van der Waals surface area (Å²) < 4.78 is 33.2. The molecule has 0 N–H and O–H groups in total. The number of rotatable bonds is 6. The van der Waals surface area contributed by atoms with Crippen molar-refractivity contribution in [1.29, 1.82) is 0 Å². The van der Waals surface area contributed by atoms with E-state index in [0.717, 1.165) is 5.39 Å². The van der Waals surface area contributed by atoms with Crippen molar-refractivity contribution in [3.05, 3.63) is 82.8 Å². The summed E-state index contributed by atoms with van der Waals surface area (Å²) in [5, 5.41) is 0.797. The second-order valence-corrected chi connectivity index (χ2v) is 8.00. The Labute approximate surface area is 206 Å². The smallest absolute Gasteiger partial charge is 0.379 e. The normalized spacial score (nSPS) is 13.4. The van der Waals surface area contributed by atoms with Crippen molar-refractivity contribution in [3.63, 3.8) is 0 Å². The predicted octanol–water partition coefficient (Wildman–Crippen LogP) is 5.60. The molecule has 1 aromatic heterocycles. The predicted molar refractivity (Wildman–Crippen MR) is 131 cm³/mol. The van der Waals surface area contributed by atoms with Crippen molar-refractivity contribution in [2.24, 2.45) is 0 Å². The maximum Gasteiger partial charge on any atom is 0.379 e. The molecule has 2 heterocycles. The molecule has 0 aliphatic carbocycles. The summed E-state index contributed by atoms with van der Waals surface area (Å²) in [7, 11) is 4.54. The average Bonchev–Trinajstić information content (AvgIpc) is 3.47. The highest BCUT2D eigenvalue weighted by molar-refractivity contribution is 6.15. The van der Waals surface area contributed by atoms with Gasteiger partial charge in [-0.15, -0.1) is 0 Å². The SMILES string of the molecule is COc1cc(/C=C2\Oc3c(ccc(OC(=O)c4cc5ccccc5o4)c3C)C2=O)cc(OC)c1OC. The first-order chi connectivity index (χ1) is 17.4. The lowest BCUT2D eigenvalue weighted by molar-refractivity contribution is 0.0702. The van der Waals surface area contributed by atoms with Crippen LogP contribution in [0.5, 0.6) is 28.7 Å². The minimum absolute atomic E-state index is 0.0797. The van der Waals surface area contributed by atoms with Crippen LogP contribution >= 0.6 is 0 Å². The first kappa shape index (κ1) is 23.0. The van der Waals surface area contributed by atoms with E-state index in [4.69, 9.17) is 28.1 Å². The lowest BCUT2D eigenvalue weighted by atomic mass is 10.1. The molecule has 0 radical (unpaired) electrons. The Morgan fingerprint density at radius 2 is 1.61 bits per heavy atom. The summed E-state index contributed by atoms with van der Waals surface area (Å²) in [6.07, 6.45) is 1.59. The van der Waals surface area contributed by atoms with Crippen molar-refractivity contribution >= 4 is 28.8 Å². The Kier molecular flexibility index (Phi) is 5.85. The van der Waals surface area contributed by atoms with Crippen LogP contribution in [0.15, 0.2) is 64.8 Å². The van der Waals surface area contributed by atoms with Crippen LogP contribution in [-0.2, 0) is 0 Å². The Hall–Kier alpha value is -4.72. The van der Waals surface area contributed by atoms with E-state index in [0.29, 0.717) is 45.3 Å². The van der Waals surface area contributed by atoms with Gasteiger partial charge in [0.05, 0.1) is 26.9 Å². The number of fused-ring (bicyclic) bond motifs is 2. The number of benzene rings is 3. The van der Waals surface area contributed by atoms with Crippen molar-refractivity contribution in [2.45, 2.75) is 6.92 Å². The number of allylic oxidation sites excluding steroid dienone is 1. The minimum atomic E-state index is -0.647. The van der Waals surface area contributed by atoms with E-state index >= 15 is 0 Å². The van der Waals surface area contributed by atoms with Crippen molar-refractivity contribution < 1.29 is 37.7 Å². The van der Waals surface area contributed by atoms with Crippen LogP contribution in [0.25, 0.3) is 17.0 Å². The summed E-state index contributed by atoms with van der Waals surface area (Å²) in [4.78, 5) is 25.7. The van der Waals surface area contributed by atoms with Gasteiger partial charge in [-0.3, -0.25) is 4.79 Å². The number of hydrogen-bond donors (Lipinski definition) is 0. The van der Waals surface area contributed by atoms with E-state index in [1.165, 1.54) is 21.3 Å². The zero-order valence-electron chi connectivity index (χ0n) is 20.0. The molecule has 3 aromatic carbocycles. The van der Waals surface area contributed by atoms with Gasteiger partial charge >= 0.3 is 5.97 Å². The van der Waals surface area contributed by atoms with Gasteiger partial charge in [0.1, 0.15) is 17.1 Å². The fourth-order valence-corrected chi connectivity index (χ4v) is 4.05. The maximum absolute atomic E-state index is 13.0. The third kappa shape index (κ3) is 3.92. The van der Waals surface area contributed by atoms with Gasteiger partial charge in [0.2, 0.25) is 17.3 Å². The van der Waals surface area contributed by atoms with E-state index < -0.39 is 5.97 Å². The van der Waals surface area contributed by atoms with Gasteiger partial charge in [-0.05, 0) is 55.0 Å². The molecular weight excluding hydrogens is 464 g/mol. The highest BCUT2D eigenvalue weighted by atomic mass is 16.6. The zero-order valence-corrected chi connectivity index (χ0v) is 20.0. The standard InChI is InChI=1S/C28H22O8/c1-15-19(36-28(30)24-14-17-7-5-6-8-20(17)34-24)10-9-18-25(29)21(35-26(15)18)11-16-12-22(31-2)27(33-4)23(13-16)32-3/h5-14H,1-4H3/b21-11-. The summed E-state index contributed by atoms with van der Waals surface area (Å²) in [6, 6.07) is 15.5. The molecule has 0 atom stereocenters. The number of methoxy groups -OCH3 is 3. The maximum atomic E-state index is 13.0. The molecule has 8 heteroatoms. The molecule has 1 aliphatic heterocycles. The molecule has 0 bridgehead atoms. The Morgan fingerprint density at radius 1 is 0.889 bits per heavy atom. The van der Waals surface area contributed by atoms with Crippen LogP contribution in [0.2, 0.25) is 0 Å². The number of ketones is 1. The molecule has 0 unspecified atom stereocenters. The molecule has 0 saturated carbocycles. The Morgan fingerprint density at radius 3 is 2.28 bits per heavy atom. The van der Waals surface area contributed by atoms with Crippen molar-refractivity contribution in [2.75, 3.05) is 21.3 Å². The van der Waals surface area contributed by atoms with E-state index in [-0.39, 0.29) is 23.1 Å². The molecule has 0 saturated heterocycles. The van der Waals surface area contributed by atoms with Gasteiger partial charge < -0.3 is 28.1 Å². The van der Waals surface area contributed by atoms with E-state index in [1.54, 1.807) is 49.4 Å². The number of hydrogen-bond acceptors (Lipinski definition) is 8. The third-order valence-electron chi connectivity index (χ3n) is 5.85. The highest BCUT2D eigenvalue weighted by Gasteiger charge is 2.31. The molecule has 0 spiro atoms. The minimum Gasteiger partial charge on any atom is -0.493 e. The van der Waals surface area contributed by atoms with E-state index in [1.807, 2.05) is 18.2 Å². The molecule has 0 fully saturated rings. The number of Topliss-reactive ketones (excluding diaryl/α,β-unsaturated/α-hetero) is 1. The summed E-state index contributed by atoms with van der Waals surface area (Å²) in [5.74, 6) is 1.18. The van der Waals surface area contributed by atoms with Crippen molar-refractivity contribution in [3.8, 4) is 28.7 Å². The monoisotopic (exact) mass is 486 g/mol. The van der Waals surface area contributed by atoms with Gasteiger partial charge in [-0.2, -0.15) is 0 Å². The first-order valence-electron chi connectivity index (χ1n) is 11.0. The Balaban J connectivity index is 1.43. The fraction of sp³-hybridized carbons (Fsp3) is 0.143. The molecule has 182 valence electrons. The number of furan rings is 1. The van der Waals surface area contributed by atoms with Gasteiger partial charge in [0.25, 0.3) is 0 Å². The van der Waals surface area contributed by atoms with Crippen LogP contribution in [-0.4, -0.2) is 33.1 Å². The van der Waals surface area contributed by atoms with E-state index in [2.05, 4.69) is 0 Å². The lowest BCUT2D eigenvalue weighted by Gasteiger charge is -2.13. The summed E-state index contributed by atoms with van der Waals surface area (Å²) in [5.41, 5.74) is 2.09. The number of para-hydroxylation sites is 1. The second kappa shape index (κ2) is 9.14. The van der Waals surface area contributed by atoms with Gasteiger partial charge in [-0.1, -0.05) is 18.2 Å². The largest absolute Gasteiger partial charge is 0.493 e. The number of carbonyl (C=O) groups is 2. The zero-order chi connectivity index (χ0) is 25.4. The first-order valence-corrected chi connectivity index (χ1v) is 11.0. The Bertz CT molecular complexity index is 1480. The van der Waals surface area contributed by atoms with Crippen LogP contribution in [0.4, 0.5) is 0 Å². The number of ether oxygens (including phenoxy) is 5. The topological polar surface area (TPSA) is 93.4 Å². The van der Waals surface area contributed by atoms with Crippen LogP contribution in [0, 0.1) is 6.92 Å². The van der Waals surface area contributed by atoms with Crippen LogP contribution in [0.3, 0.4) is 0 Å². The average molecular weight is 486 g/mol. The third-order valence-corrected chi connectivity index (χ3v) is 5.85. The highest BCUT2D eigenvalue weighted by Crippen LogP contribution is 2.42. The fourth-order valence-electron chi connectivity index (χ4n) is 4.05.